The van der Waals surface area contributed by atoms with Gasteiger partial charge in [0.25, 0.3) is 0 Å². The molecule has 1 aromatic heterocycles. The number of hydrogen-bond acceptors (Lipinski definition) is 3. The van der Waals surface area contributed by atoms with Crippen LogP contribution in [0.5, 0.6) is 0 Å². The first-order valence-corrected chi connectivity index (χ1v) is 9.44. The molecule has 1 heterocycles. The molecule has 5 nitrogen and oxygen atoms in total. The topological polar surface area (TPSA) is 70.7 Å². The Labute approximate surface area is 165 Å². The van der Waals surface area contributed by atoms with Crippen LogP contribution in [-0.4, -0.2) is 15.7 Å². The molecular weight excluding hydrogens is 348 g/mol. The number of carbonyl (C=O) groups excluding carboxylic acids is 1. The highest BCUT2D eigenvalue weighted by atomic mass is 16.1. The average molecular weight is 372 g/mol. The largest absolute Gasteiger partial charge is 0.326 e. The number of benzene rings is 2. The van der Waals surface area contributed by atoms with Crippen molar-refractivity contribution >= 4 is 11.6 Å². The van der Waals surface area contributed by atoms with Crippen LogP contribution in [0.15, 0.2) is 54.6 Å². The van der Waals surface area contributed by atoms with Crippen LogP contribution in [-0.2, 0) is 17.8 Å². The zero-order valence-electron chi connectivity index (χ0n) is 16.3. The molecule has 0 radical (unpaired) electrons. The van der Waals surface area contributed by atoms with Crippen LogP contribution < -0.4 is 5.32 Å². The van der Waals surface area contributed by atoms with Gasteiger partial charge < -0.3 is 5.32 Å². The molecule has 3 aromatic rings. The molecule has 142 valence electrons. The Bertz CT molecular complexity index is 999. The summed E-state index contributed by atoms with van der Waals surface area (Å²) in [4.78, 5) is 12.6. The van der Waals surface area contributed by atoms with Crippen LogP contribution in [0.25, 0.3) is 11.1 Å². The van der Waals surface area contributed by atoms with Gasteiger partial charge >= 0.3 is 0 Å². The molecule has 0 aliphatic carbocycles. The van der Waals surface area contributed by atoms with Crippen LogP contribution in [0.3, 0.4) is 0 Å². The molecule has 3 rings (SSSR count). The minimum Gasteiger partial charge on any atom is -0.326 e. The van der Waals surface area contributed by atoms with Crippen molar-refractivity contribution < 1.29 is 4.79 Å². The number of nitriles is 1. The van der Waals surface area contributed by atoms with Gasteiger partial charge in [-0.1, -0.05) is 48.5 Å². The zero-order chi connectivity index (χ0) is 19.9. The Morgan fingerprint density at radius 2 is 1.82 bits per heavy atom. The van der Waals surface area contributed by atoms with E-state index < -0.39 is 0 Å². The van der Waals surface area contributed by atoms with Crippen molar-refractivity contribution in [2.24, 2.45) is 0 Å². The lowest BCUT2D eigenvalue weighted by molar-refractivity contribution is -0.116. The lowest BCUT2D eigenvalue weighted by Gasteiger charge is -2.11. The number of nitrogens with one attached hydrogen (secondary N) is 1. The van der Waals surface area contributed by atoms with Gasteiger partial charge in [-0.15, -0.1) is 0 Å². The summed E-state index contributed by atoms with van der Waals surface area (Å²) in [5.74, 6) is -0.0213. The summed E-state index contributed by atoms with van der Waals surface area (Å²) >= 11 is 0. The molecule has 0 saturated heterocycles. The van der Waals surface area contributed by atoms with Gasteiger partial charge in [0.2, 0.25) is 5.91 Å². The highest BCUT2D eigenvalue weighted by Crippen LogP contribution is 2.27. The number of anilines is 1. The number of aryl methyl sites for hydroxylation is 2. The van der Waals surface area contributed by atoms with E-state index in [1.54, 1.807) is 0 Å². The van der Waals surface area contributed by atoms with E-state index in [0.717, 1.165) is 33.8 Å². The van der Waals surface area contributed by atoms with E-state index in [1.807, 2.05) is 73.1 Å². The number of aromatic nitrogens is 2. The first-order chi connectivity index (χ1) is 13.6. The van der Waals surface area contributed by atoms with Gasteiger partial charge in [-0.3, -0.25) is 9.48 Å². The molecule has 2 aromatic carbocycles. The summed E-state index contributed by atoms with van der Waals surface area (Å²) < 4.78 is 1.86. The summed E-state index contributed by atoms with van der Waals surface area (Å²) in [5.41, 5.74) is 5.94. The molecule has 0 fully saturated rings. The standard InChI is InChI=1S/C23H24N4O/c1-17-20(18(2)27(26-17)16-8-15-24)13-14-23(28)25-22-12-7-6-11-21(22)19-9-4-3-5-10-19/h3-7,9-12H,8,13-14,16H2,1-2H3,(H,25,28). The highest BCUT2D eigenvalue weighted by Gasteiger charge is 2.14. The van der Waals surface area contributed by atoms with Crippen LogP contribution in [0.4, 0.5) is 5.69 Å². The Hall–Kier alpha value is -3.39. The zero-order valence-corrected chi connectivity index (χ0v) is 16.3. The second kappa shape index (κ2) is 9.01. The van der Waals surface area contributed by atoms with Gasteiger partial charge in [0.05, 0.1) is 24.7 Å². The Morgan fingerprint density at radius 1 is 1.11 bits per heavy atom. The molecule has 0 unspecified atom stereocenters. The number of hydrogen-bond donors (Lipinski definition) is 1. The van der Waals surface area contributed by atoms with E-state index in [2.05, 4.69) is 16.5 Å². The maximum atomic E-state index is 12.6. The minimum absolute atomic E-state index is 0.0213. The number of carbonyl (C=O) groups is 1. The molecule has 0 atom stereocenters. The first kappa shape index (κ1) is 19.4. The van der Waals surface area contributed by atoms with E-state index in [9.17, 15) is 4.79 Å². The molecular formula is C23H24N4O. The molecule has 1 amide bonds. The van der Waals surface area contributed by atoms with Crippen molar-refractivity contribution in [1.29, 1.82) is 5.26 Å². The SMILES string of the molecule is Cc1nn(CCC#N)c(C)c1CCC(=O)Nc1ccccc1-c1ccccc1. The van der Waals surface area contributed by atoms with Gasteiger partial charge in [0, 0.05) is 23.4 Å². The molecule has 0 aliphatic heterocycles. The van der Waals surface area contributed by atoms with E-state index in [0.29, 0.717) is 25.8 Å². The third kappa shape index (κ3) is 4.47. The third-order valence-corrected chi connectivity index (χ3v) is 4.85. The second-order valence-electron chi connectivity index (χ2n) is 6.74. The highest BCUT2D eigenvalue weighted by molar-refractivity contribution is 5.95. The quantitative estimate of drug-likeness (QED) is 0.656. The summed E-state index contributed by atoms with van der Waals surface area (Å²) in [6, 6.07) is 20.0. The molecule has 0 saturated carbocycles. The Kier molecular flexibility index (Phi) is 6.23. The van der Waals surface area contributed by atoms with Crippen LogP contribution in [0.2, 0.25) is 0 Å². The first-order valence-electron chi connectivity index (χ1n) is 9.44. The maximum Gasteiger partial charge on any atom is 0.224 e. The lowest BCUT2D eigenvalue weighted by Crippen LogP contribution is -2.13. The van der Waals surface area contributed by atoms with Crippen LogP contribution in [0, 0.1) is 25.2 Å². The van der Waals surface area contributed by atoms with E-state index in [4.69, 9.17) is 5.26 Å². The molecule has 0 spiro atoms. The number of nitrogens with zero attached hydrogens (tertiary/aromatic N) is 3. The summed E-state index contributed by atoms with van der Waals surface area (Å²) in [7, 11) is 0. The molecule has 5 heteroatoms. The molecule has 28 heavy (non-hydrogen) atoms. The monoisotopic (exact) mass is 372 g/mol. The smallest absolute Gasteiger partial charge is 0.224 e. The Balaban J connectivity index is 1.68. The number of amides is 1. The van der Waals surface area contributed by atoms with E-state index in [1.165, 1.54) is 0 Å². The van der Waals surface area contributed by atoms with Crippen molar-refractivity contribution in [3.05, 3.63) is 71.5 Å². The van der Waals surface area contributed by atoms with Crippen molar-refractivity contribution in [2.75, 3.05) is 5.32 Å². The fourth-order valence-electron chi connectivity index (χ4n) is 3.38. The lowest BCUT2D eigenvalue weighted by atomic mass is 10.0. The van der Waals surface area contributed by atoms with Crippen molar-refractivity contribution in [2.45, 2.75) is 39.7 Å². The van der Waals surface area contributed by atoms with Crippen molar-refractivity contribution in [3.8, 4) is 17.2 Å². The van der Waals surface area contributed by atoms with Gasteiger partial charge in [-0.2, -0.15) is 10.4 Å². The summed E-state index contributed by atoms with van der Waals surface area (Å²) in [5, 5.41) is 16.3. The van der Waals surface area contributed by atoms with E-state index in [-0.39, 0.29) is 5.91 Å². The summed E-state index contributed by atoms with van der Waals surface area (Å²) in [6.45, 7) is 4.53. The normalized spacial score (nSPS) is 10.5. The summed E-state index contributed by atoms with van der Waals surface area (Å²) in [6.07, 6.45) is 1.44. The van der Waals surface area contributed by atoms with E-state index >= 15 is 0 Å². The maximum absolute atomic E-state index is 12.6. The average Bonchev–Trinajstić information content (AvgIpc) is 2.98. The predicted molar refractivity (Wildman–Crippen MR) is 111 cm³/mol. The minimum atomic E-state index is -0.0213. The molecule has 0 bridgehead atoms. The Morgan fingerprint density at radius 3 is 2.57 bits per heavy atom. The second-order valence-corrected chi connectivity index (χ2v) is 6.74. The van der Waals surface area contributed by atoms with Gasteiger partial charge in [0.1, 0.15) is 0 Å². The number of para-hydroxylation sites is 1. The van der Waals surface area contributed by atoms with Crippen molar-refractivity contribution in [1.82, 2.24) is 9.78 Å². The third-order valence-electron chi connectivity index (χ3n) is 4.85. The van der Waals surface area contributed by atoms with Crippen LogP contribution in [0.1, 0.15) is 29.8 Å². The fraction of sp³-hybridized carbons (Fsp3) is 0.261. The fourth-order valence-corrected chi connectivity index (χ4v) is 3.38. The molecule has 1 N–H and O–H groups in total. The van der Waals surface area contributed by atoms with Gasteiger partial charge in [-0.05, 0) is 37.5 Å². The van der Waals surface area contributed by atoms with Crippen molar-refractivity contribution in [3.63, 3.8) is 0 Å². The van der Waals surface area contributed by atoms with Gasteiger partial charge in [-0.25, -0.2) is 0 Å². The van der Waals surface area contributed by atoms with Gasteiger partial charge in [0.15, 0.2) is 0 Å². The van der Waals surface area contributed by atoms with Crippen LogP contribution >= 0.6 is 0 Å². The number of rotatable bonds is 7. The predicted octanol–water partition coefficient (Wildman–Crippen LogP) is 4.65. The molecule has 0 aliphatic rings.